The van der Waals surface area contributed by atoms with Gasteiger partial charge >= 0.3 is 0 Å². The largest absolute Gasteiger partial charge is 0.444 e. The van der Waals surface area contributed by atoms with Gasteiger partial charge < -0.3 is 15.1 Å². The summed E-state index contributed by atoms with van der Waals surface area (Å²) < 4.78 is 7.70. The number of thiol groups is 1. The molecule has 8 nitrogen and oxygen atoms in total. The van der Waals surface area contributed by atoms with E-state index in [4.69, 9.17) is 9.52 Å². The molecule has 0 aromatic carbocycles. The number of nitrogens with zero attached hydrogens (tertiary/aromatic N) is 4. The van der Waals surface area contributed by atoms with E-state index in [1.165, 1.54) is 19.1 Å². The van der Waals surface area contributed by atoms with E-state index >= 15 is 0 Å². The van der Waals surface area contributed by atoms with Crippen molar-refractivity contribution in [1.82, 2.24) is 19.7 Å². The van der Waals surface area contributed by atoms with Crippen LogP contribution in [0.5, 0.6) is 0 Å². The van der Waals surface area contributed by atoms with Crippen molar-refractivity contribution in [1.29, 1.82) is 0 Å². The van der Waals surface area contributed by atoms with Gasteiger partial charge in [-0.15, -0.1) is 0 Å². The van der Waals surface area contributed by atoms with Gasteiger partial charge in [-0.05, 0) is 68.4 Å². The summed E-state index contributed by atoms with van der Waals surface area (Å²) in [4.78, 5) is 21.9. The van der Waals surface area contributed by atoms with Gasteiger partial charge in [0.2, 0.25) is 5.89 Å². The molecule has 1 amide bonds. The van der Waals surface area contributed by atoms with E-state index in [0.717, 1.165) is 60.9 Å². The molecule has 2 fully saturated rings. The number of hydrogen-bond acceptors (Lipinski definition) is 7. The average Bonchev–Trinajstić information content (AvgIpc) is 3.39. The van der Waals surface area contributed by atoms with Crippen molar-refractivity contribution in [3.05, 3.63) is 42.2 Å². The van der Waals surface area contributed by atoms with Crippen molar-refractivity contribution in [3.63, 3.8) is 0 Å². The highest BCUT2D eigenvalue weighted by Gasteiger charge is 2.27. The van der Waals surface area contributed by atoms with Gasteiger partial charge in [0.05, 0.1) is 17.4 Å². The lowest BCUT2D eigenvalue weighted by atomic mass is 9.84. The Morgan fingerprint density at radius 3 is 2.67 bits per heavy atom. The number of carbonyl (C=O) groups excluding carboxylic acids is 1. The first-order valence-corrected chi connectivity index (χ1v) is 13.6. The number of aromatic nitrogens is 4. The zero-order valence-electron chi connectivity index (χ0n) is 21.3. The number of nitrogens with one attached hydrogen (secondary N) is 2. The van der Waals surface area contributed by atoms with E-state index in [-0.39, 0.29) is 17.5 Å². The number of rotatable bonds is 9. The van der Waals surface area contributed by atoms with Crippen LogP contribution in [0.25, 0.3) is 11.5 Å². The lowest BCUT2D eigenvalue weighted by Gasteiger charge is -2.30. The van der Waals surface area contributed by atoms with E-state index in [9.17, 15) is 4.79 Å². The molecule has 36 heavy (non-hydrogen) atoms. The fraction of sp³-hybridized carbons (Fsp3) is 0.556. The van der Waals surface area contributed by atoms with Crippen LogP contribution in [-0.2, 0) is 0 Å². The van der Waals surface area contributed by atoms with Gasteiger partial charge in [-0.1, -0.05) is 20.8 Å². The molecular weight excluding hydrogens is 472 g/mol. The van der Waals surface area contributed by atoms with E-state index in [1.807, 2.05) is 23.0 Å². The number of oxazole rings is 1. The molecule has 3 aromatic heterocycles. The molecule has 1 unspecified atom stereocenters. The van der Waals surface area contributed by atoms with Gasteiger partial charge in [-0.3, -0.25) is 9.48 Å². The van der Waals surface area contributed by atoms with Crippen molar-refractivity contribution < 1.29 is 9.21 Å². The summed E-state index contributed by atoms with van der Waals surface area (Å²) in [6, 6.07) is 4.09. The van der Waals surface area contributed by atoms with Crippen molar-refractivity contribution in [2.75, 3.05) is 17.2 Å². The molecule has 0 spiro atoms. The molecule has 192 valence electrons. The van der Waals surface area contributed by atoms with Gasteiger partial charge in [0.15, 0.2) is 5.69 Å². The number of carbonyl (C=O) groups is 1. The predicted molar refractivity (Wildman–Crippen MR) is 145 cm³/mol. The molecule has 0 bridgehead atoms. The molecule has 0 radical (unpaired) electrons. The van der Waals surface area contributed by atoms with E-state index in [2.05, 4.69) is 54.0 Å². The normalized spacial score (nSPS) is 20.9. The van der Waals surface area contributed by atoms with Gasteiger partial charge in [0.1, 0.15) is 12.1 Å². The lowest BCUT2D eigenvalue weighted by molar-refractivity contribution is 0.102. The molecule has 2 N–H and O–H groups in total. The molecule has 3 heterocycles. The zero-order valence-corrected chi connectivity index (χ0v) is 22.2. The third-order valence-corrected chi connectivity index (χ3v) is 7.79. The van der Waals surface area contributed by atoms with Gasteiger partial charge in [0.25, 0.3) is 5.91 Å². The van der Waals surface area contributed by atoms with Crippen LogP contribution in [0.3, 0.4) is 0 Å². The first kappa shape index (κ1) is 24.9. The fourth-order valence-corrected chi connectivity index (χ4v) is 5.19. The fourth-order valence-electron chi connectivity index (χ4n) is 4.89. The minimum absolute atomic E-state index is 0.182. The van der Waals surface area contributed by atoms with Gasteiger partial charge in [0, 0.05) is 29.8 Å². The van der Waals surface area contributed by atoms with Crippen LogP contribution in [0, 0.1) is 11.8 Å². The lowest BCUT2D eigenvalue weighted by Crippen LogP contribution is -2.23. The van der Waals surface area contributed by atoms with Crippen LogP contribution < -0.4 is 10.6 Å². The van der Waals surface area contributed by atoms with Crippen molar-refractivity contribution in [3.8, 4) is 11.5 Å². The maximum Gasteiger partial charge on any atom is 0.277 e. The molecule has 3 aromatic rings. The second-order valence-electron chi connectivity index (χ2n) is 10.6. The van der Waals surface area contributed by atoms with Crippen LogP contribution in [0.1, 0.15) is 87.4 Å². The Labute approximate surface area is 218 Å². The molecule has 5 rings (SSSR count). The van der Waals surface area contributed by atoms with Crippen molar-refractivity contribution >= 4 is 30.0 Å². The summed E-state index contributed by atoms with van der Waals surface area (Å²) in [6.45, 7) is 7.29. The minimum atomic E-state index is -0.305. The highest BCUT2D eigenvalue weighted by Crippen LogP contribution is 2.36. The van der Waals surface area contributed by atoms with Crippen LogP contribution in [-0.4, -0.2) is 37.5 Å². The van der Waals surface area contributed by atoms with Gasteiger partial charge in [-0.25, -0.2) is 9.97 Å². The third kappa shape index (κ3) is 5.77. The highest BCUT2D eigenvalue weighted by molar-refractivity contribution is 7.80. The quantitative estimate of drug-likeness (QED) is 0.299. The Kier molecular flexibility index (Phi) is 7.37. The summed E-state index contributed by atoms with van der Waals surface area (Å²) in [7, 11) is 0. The maximum absolute atomic E-state index is 13.1. The Morgan fingerprint density at radius 2 is 1.97 bits per heavy atom. The Bertz CT molecular complexity index is 1190. The first-order chi connectivity index (χ1) is 17.4. The number of hydrogen-bond donors (Lipinski definition) is 3. The van der Waals surface area contributed by atoms with Crippen LogP contribution >= 0.6 is 12.6 Å². The monoisotopic (exact) mass is 508 g/mol. The van der Waals surface area contributed by atoms with Crippen LogP contribution in [0.4, 0.5) is 11.5 Å². The van der Waals surface area contributed by atoms with Crippen molar-refractivity contribution in [2.24, 2.45) is 11.8 Å². The number of amides is 1. The summed E-state index contributed by atoms with van der Waals surface area (Å²) in [5.41, 5.74) is 2.64. The Balaban J connectivity index is 1.27. The summed E-state index contributed by atoms with van der Waals surface area (Å²) in [6.07, 6.45) is 12.1. The molecule has 1 atom stereocenters. The minimum Gasteiger partial charge on any atom is -0.444 e. The molecule has 2 aliphatic carbocycles. The summed E-state index contributed by atoms with van der Waals surface area (Å²) in [5.74, 6) is 2.47. The topological polar surface area (TPSA) is 97.9 Å². The number of pyridine rings is 1. The Hall–Kier alpha value is -2.81. The molecule has 9 heteroatoms. The average molecular weight is 509 g/mol. The third-order valence-electron chi connectivity index (χ3n) is 7.37. The molecular formula is C27H36N6O2S. The van der Waals surface area contributed by atoms with Crippen LogP contribution in [0.15, 0.2) is 35.2 Å². The molecule has 2 aliphatic rings. The van der Waals surface area contributed by atoms with Gasteiger partial charge in [-0.2, -0.15) is 17.7 Å². The highest BCUT2D eigenvalue weighted by atomic mass is 32.1. The Morgan fingerprint density at radius 1 is 1.19 bits per heavy atom. The number of anilines is 2. The predicted octanol–water partition coefficient (Wildman–Crippen LogP) is 6.18. The smallest absolute Gasteiger partial charge is 0.277 e. The molecule has 0 saturated heterocycles. The zero-order chi connectivity index (χ0) is 25.2. The van der Waals surface area contributed by atoms with Crippen LogP contribution in [0.2, 0.25) is 0 Å². The molecule has 2 saturated carbocycles. The van der Waals surface area contributed by atoms with E-state index in [1.54, 1.807) is 6.20 Å². The van der Waals surface area contributed by atoms with E-state index in [0.29, 0.717) is 23.1 Å². The molecule has 0 aliphatic heterocycles. The second kappa shape index (κ2) is 10.7. The summed E-state index contributed by atoms with van der Waals surface area (Å²) in [5, 5.41) is 11.7. The second-order valence-corrected chi connectivity index (χ2v) is 11.4. The first-order valence-electron chi connectivity index (χ1n) is 13.1. The SMILES string of the molecule is CC(C)c1nn([C@H]2CC[C@@H](C(C)S)CC2)cc1NC(=O)c1coc(-c2ccnc(NCC3CC3)c2)n1. The standard InChI is InChI=1S/C27H36N6O2S/c1-16(2)25-22(14-33(32-25)21-8-6-19(7-9-21)17(3)36)30-26(34)23-15-35-27(31-23)20-10-11-28-24(12-20)29-13-18-4-5-18/h10-12,14-19,21,36H,4-9,13H2,1-3H3,(H,28,29)(H,30,34)/t17?,19-,21+. The van der Waals surface area contributed by atoms with Crippen molar-refractivity contribution in [2.45, 2.75) is 76.5 Å². The maximum atomic E-state index is 13.1. The van der Waals surface area contributed by atoms with E-state index < -0.39 is 0 Å². The summed E-state index contributed by atoms with van der Waals surface area (Å²) >= 11 is 4.64.